The van der Waals surface area contributed by atoms with Crippen LogP contribution in [0.25, 0.3) is 0 Å². The molecule has 4 rings (SSSR count). The molecule has 2 bridgehead atoms. The zero-order valence-electron chi connectivity index (χ0n) is 27.5. The summed E-state index contributed by atoms with van der Waals surface area (Å²) in [6.07, 6.45) is 4.50. The minimum atomic E-state index is -1.22. The van der Waals surface area contributed by atoms with Crippen LogP contribution in [0.2, 0.25) is 0 Å². The lowest BCUT2D eigenvalue weighted by Gasteiger charge is -2.40. The van der Waals surface area contributed by atoms with Crippen molar-refractivity contribution >= 4 is 45.0 Å². The van der Waals surface area contributed by atoms with Gasteiger partial charge in [0.2, 0.25) is 11.8 Å². The van der Waals surface area contributed by atoms with Gasteiger partial charge in [0.15, 0.2) is 0 Å². The Labute approximate surface area is 277 Å². The highest BCUT2D eigenvalue weighted by molar-refractivity contribution is 9.09. The van der Waals surface area contributed by atoms with E-state index < -0.39 is 35.6 Å². The summed E-state index contributed by atoms with van der Waals surface area (Å²) in [6.45, 7) is 20.6. The normalized spacial score (nSPS) is 27.4. The first kappa shape index (κ1) is 35.2. The van der Waals surface area contributed by atoms with Crippen LogP contribution in [-0.4, -0.2) is 101 Å². The first-order valence-corrected chi connectivity index (χ1v) is 17.4. The Morgan fingerprint density at radius 3 is 2.24 bits per heavy atom. The van der Waals surface area contributed by atoms with Gasteiger partial charge in [-0.05, 0) is 63.3 Å². The monoisotopic (exact) mass is 686 g/mol. The summed E-state index contributed by atoms with van der Waals surface area (Å²) in [5, 5.41) is 10.7. The molecule has 0 saturated carbocycles. The maximum absolute atomic E-state index is 15.0. The highest BCUT2D eigenvalue weighted by atomic mass is 79.9. The van der Waals surface area contributed by atoms with Crippen LogP contribution in [0.1, 0.15) is 53.9 Å². The number of aliphatic hydroxyl groups excluding tert-OH is 1. The first-order valence-electron chi connectivity index (χ1n) is 16.5. The Morgan fingerprint density at radius 1 is 1.09 bits per heavy atom. The van der Waals surface area contributed by atoms with Gasteiger partial charge < -0.3 is 29.4 Å². The fourth-order valence-corrected chi connectivity index (χ4v) is 8.74. The van der Waals surface area contributed by atoms with Gasteiger partial charge >= 0.3 is 0 Å². The third kappa shape index (κ3) is 6.34. The molecule has 9 nitrogen and oxygen atoms in total. The number of likely N-dealkylation sites (tertiary alicyclic amines) is 1. The second kappa shape index (κ2) is 14.8. The van der Waals surface area contributed by atoms with Gasteiger partial charge in [-0.15, -0.1) is 13.2 Å². The number of hydrogen-bond acceptors (Lipinski definition) is 6. The Balaban J connectivity index is 1.82. The number of aliphatic hydroxyl groups is 1. The van der Waals surface area contributed by atoms with Gasteiger partial charge in [0, 0.05) is 48.9 Å². The molecule has 3 fully saturated rings. The van der Waals surface area contributed by atoms with Crippen LogP contribution in [0.4, 0.5) is 11.4 Å². The van der Waals surface area contributed by atoms with E-state index in [9.17, 15) is 19.5 Å². The zero-order valence-corrected chi connectivity index (χ0v) is 29.1. The third-order valence-corrected chi connectivity index (χ3v) is 10.5. The second-order valence-corrected chi connectivity index (χ2v) is 14.1. The summed E-state index contributed by atoms with van der Waals surface area (Å²) in [7, 11) is 0. The molecule has 1 aromatic rings. The number of fused-ring (bicyclic) bond motifs is 1. The van der Waals surface area contributed by atoms with E-state index in [0.717, 1.165) is 25.2 Å². The topological polar surface area (TPSA) is 93.6 Å². The van der Waals surface area contributed by atoms with E-state index in [0.29, 0.717) is 31.6 Å². The van der Waals surface area contributed by atoms with Crippen molar-refractivity contribution in [2.24, 2.45) is 17.8 Å². The Hall–Kier alpha value is -2.69. The van der Waals surface area contributed by atoms with E-state index >= 15 is 0 Å². The SMILES string of the molecule is C=CCN(CCC)C(=O)[C@H]1[C@H]2C(=O)N([C@@H](CO)CC(C)C)C(C(=O)N(CC=C)c3ccc(N(CC)CC)cc3)C23CC(Br)[C@@H]1O3. The molecule has 3 saturated heterocycles. The van der Waals surface area contributed by atoms with Gasteiger partial charge in [-0.3, -0.25) is 14.4 Å². The summed E-state index contributed by atoms with van der Waals surface area (Å²) in [5.41, 5.74) is 0.522. The number of benzene rings is 1. The van der Waals surface area contributed by atoms with Crippen molar-refractivity contribution in [2.75, 3.05) is 49.1 Å². The van der Waals surface area contributed by atoms with Crippen molar-refractivity contribution in [3.8, 4) is 0 Å². The molecule has 1 spiro atoms. The number of hydrogen-bond donors (Lipinski definition) is 1. The molecular formula is C35H51BrN4O5. The number of amides is 3. The van der Waals surface area contributed by atoms with E-state index in [4.69, 9.17) is 4.74 Å². The molecule has 45 heavy (non-hydrogen) atoms. The standard InChI is InChI=1S/C35H51BrN4O5/c1-8-17-38(18-9-2)32(42)28-29-33(43)40(26(22-41)20-23(6)7)31(35(29)21-27(36)30(28)45-35)34(44)39(19-10-3)25-15-13-24(14-16-25)37(11-4)12-5/h8,10,13-16,23,26-31,41H,1,3,9,11-12,17-22H2,2,4-7H3/t26-,27?,28+,29+,30+,31?,35?/m1/s1. The largest absolute Gasteiger partial charge is 0.394 e. The molecule has 0 aromatic heterocycles. The number of anilines is 2. The summed E-state index contributed by atoms with van der Waals surface area (Å²) < 4.78 is 6.77. The van der Waals surface area contributed by atoms with E-state index in [-0.39, 0.29) is 41.6 Å². The molecule has 248 valence electrons. The first-order chi connectivity index (χ1) is 21.5. The predicted molar refractivity (Wildman–Crippen MR) is 182 cm³/mol. The van der Waals surface area contributed by atoms with Crippen LogP contribution < -0.4 is 9.80 Å². The number of carbonyl (C=O) groups is 3. The molecule has 0 radical (unpaired) electrons. The van der Waals surface area contributed by atoms with Crippen molar-refractivity contribution in [1.29, 1.82) is 0 Å². The van der Waals surface area contributed by atoms with Gasteiger partial charge in [0.1, 0.15) is 11.6 Å². The van der Waals surface area contributed by atoms with Gasteiger partial charge in [-0.25, -0.2) is 0 Å². The van der Waals surface area contributed by atoms with Gasteiger partial charge in [0.25, 0.3) is 5.91 Å². The summed E-state index contributed by atoms with van der Waals surface area (Å²) in [6, 6.07) is 6.23. The Morgan fingerprint density at radius 2 is 1.71 bits per heavy atom. The zero-order chi connectivity index (χ0) is 33.1. The van der Waals surface area contributed by atoms with E-state index in [1.165, 1.54) is 0 Å². The number of alkyl halides is 1. The Bertz CT molecular complexity index is 1240. The summed E-state index contributed by atoms with van der Waals surface area (Å²) in [4.78, 5) is 50.8. The van der Waals surface area contributed by atoms with Crippen molar-refractivity contribution in [3.63, 3.8) is 0 Å². The van der Waals surface area contributed by atoms with Crippen molar-refractivity contribution in [3.05, 3.63) is 49.6 Å². The predicted octanol–water partition coefficient (Wildman–Crippen LogP) is 4.63. The maximum atomic E-state index is 15.0. The fourth-order valence-electron chi connectivity index (χ4n) is 7.80. The number of ether oxygens (including phenoxy) is 1. The van der Waals surface area contributed by atoms with Crippen molar-refractivity contribution in [2.45, 2.75) is 82.5 Å². The van der Waals surface area contributed by atoms with Gasteiger partial charge in [-0.2, -0.15) is 0 Å². The van der Waals surface area contributed by atoms with Crippen molar-refractivity contribution in [1.82, 2.24) is 9.80 Å². The van der Waals surface area contributed by atoms with Crippen LogP contribution >= 0.6 is 15.9 Å². The molecule has 3 heterocycles. The number of rotatable bonds is 16. The quantitative estimate of drug-likeness (QED) is 0.201. The smallest absolute Gasteiger partial charge is 0.253 e. The minimum absolute atomic E-state index is 0.154. The van der Waals surface area contributed by atoms with E-state index in [1.807, 2.05) is 45.0 Å². The lowest BCUT2D eigenvalue weighted by Crippen LogP contribution is -2.59. The van der Waals surface area contributed by atoms with Crippen LogP contribution in [0.5, 0.6) is 0 Å². The molecule has 3 aliphatic heterocycles. The number of nitrogens with zero attached hydrogens (tertiary/aromatic N) is 4. The average molecular weight is 688 g/mol. The van der Waals surface area contributed by atoms with E-state index in [1.54, 1.807) is 26.9 Å². The van der Waals surface area contributed by atoms with Crippen LogP contribution in [-0.2, 0) is 19.1 Å². The molecule has 3 unspecified atom stereocenters. The fraction of sp³-hybridized carbons (Fsp3) is 0.629. The van der Waals surface area contributed by atoms with E-state index in [2.05, 4.69) is 47.8 Å². The second-order valence-electron chi connectivity index (χ2n) is 12.9. The maximum Gasteiger partial charge on any atom is 0.253 e. The molecule has 3 aliphatic rings. The highest BCUT2D eigenvalue weighted by Gasteiger charge is 2.77. The summed E-state index contributed by atoms with van der Waals surface area (Å²) >= 11 is 3.78. The van der Waals surface area contributed by atoms with Crippen LogP contribution in [0.3, 0.4) is 0 Å². The highest BCUT2D eigenvalue weighted by Crippen LogP contribution is 2.61. The molecule has 3 amide bonds. The minimum Gasteiger partial charge on any atom is -0.394 e. The average Bonchev–Trinajstić information content (AvgIpc) is 3.62. The molecule has 1 N–H and O–H groups in total. The lowest BCUT2D eigenvalue weighted by molar-refractivity contribution is -0.147. The number of carbonyl (C=O) groups excluding carboxylic acids is 3. The molecule has 7 atom stereocenters. The van der Waals surface area contributed by atoms with Crippen LogP contribution in [0.15, 0.2) is 49.6 Å². The molecule has 1 aromatic carbocycles. The lowest BCUT2D eigenvalue weighted by atomic mass is 9.70. The van der Waals surface area contributed by atoms with Gasteiger partial charge in [0.05, 0.1) is 30.6 Å². The molecule has 10 heteroatoms. The molecule has 0 aliphatic carbocycles. The number of halogens is 1. The molecular weight excluding hydrogens is 636 g/mol. The van der Waals surface area contributed by atoms with Crippen molar-refractivity contribution < 1.29 is 24.2 Å². The van der Waals surface area contributed by atoms with Gasteiger partial charge in [-0.1, -0.05) is 48.9 Å². The summed E-state index contributed by atoms with van der Waals surface area (Å²) in [5.74, 6) is -2.17. The Kier molecular flexibility index (Phi) is 11.6. The van der Waals surface area contributed by atoms with Crippen LogP contribution in [0, 0.1) is 17.8 Å². The third-order valence-electron chi connectivity index (χ3n) is 9.62.